The van der Waals surface area contributed by atoms with Crippen molar-refractivity contribution in [1.29, 1.82) is 0 Å². The normalized spacial score (nSPS) is 20.2. The van der Waals surface area contributed by atoms with E-state index in [9.17, 15) is 0 Å². The lowest BCUT2D eigenvalue weighted by Gasteiger charge is -2.51. The van der Waals surface area contributed by atoms with Gasteiger partial charge in [0, 0.05) is 44.4 Å². The minimum Gasteiger partial charge on any atom is -0.455 e. The number of allylic oxidation sites excluding steroid dienone is 7. The van der Waals surface area contributed by atoms with Crippen LogP contribution in [0, 0.1) is 5.92 Å². The van der Waals surface area contributed by atoms with Gasteiger partial charge in [0.1, 0.15) is 11.2 Å². The van der Waals surface area contributed by atoms with Crippen LogP contribution in [0.25, 0.3) is 66.1 Å². The lowest BCUT2D eigenvalue weighted by molar-refractivity contribution is 0.408. The van der Waals surface area contributed by atoms with E-state index in [-0.39, 0.29) is 17.5 Å². The average molecular weight is 721 g/mol. The molecule has 0 bridgehead atoms. The molecule has 6 aromatic carbocycles. The Labute approximate surface area is 326 Å². The maximum Gasteiger partial charge on any atom is 0.143 e. The third kappa shape index (κ3) is 5.12. The molecule has 0 spiro atoms. The van der Waals surface area contributed by atoms with Crippen LogP contribution in [0.1, 0.15) is 18.9 Å². The number of aromatic nitrogens is 1. The number of benzene rings is 6. The molecule has 2 heterocycles. The van der Waals surface area contributed by atoms with Crippen molar-refractivity contribution in [1.82, 2.24) is 4.57 Å². The molecule has 0 amide bonds. The molecule has 0 fully saturated rings. The third-order valence-corrected chi connectivity index (χ3v) is 12.2. The van der Waals surface area contributed by atoms with Crippen LogP contribution < -0.4 is 4.90 Å². The van der Waals surface area contributed by atoms with Gasteiger partial charge < -0.3 is 13.9 Å². The Hall–Kier alpha value is -6.84. The molecule has 8 aromatic rings. The minimum absolute atomic E-state index is 0.151. The van der Waals surface area contributed by atoms with Crippen molar-refractivity contribution < 1.29 is 4.42 Å². The monoisotopic (exact) mass is 720 g/mol. The van der Waals surface area contributed by atoms with E-state index in [2.05, 4.69) is 211 Å². The smallest absolute Gasteiger partial charge is 0.143 e. The molecule has 3 unspecified atom stereocenters. The maximum atomic E-state index is 6.44. The van der Waals surface area contributed by atoms with Gasteiger partial charge in [-0.25, -0.2) is 0 Å². The summed E-state index contributed by atoms with van der Waals surface area (Å²) < 4.78 is 8.82. The summed E-state index contributed by atoms with van der Waals surface area (Å²) in [6, 6.07) is 50.6. The summed E-state index contributed by atoms with van der Waals surface area (Å²) in [7, 11) is 0. The fraction of sp³-hybridized carbons (Fsp3) is 0.0943. The summed E-state index contributed by atoms with van der Waals surface area (Å²) >= 11 is 0. The summed E-state index contributed by atoms with van der Waals surface area (Å²) in [5.41, 5.74) is 12.5. The van der Waals surface area contributed by atoms with Crippen molar-refractivity contribution >= 4 is 55.0 Å². The maximum absolute atomic E-state index is 6.44. The predicted octanol–water partition coefficient (Wildman–Crippen LogP) is 13.6. The van der Waals surface area contributed by atoms with Gasteiger partial charge in [-0.1, -0.05) is 158 Å². The lowest BCUT2D eigenvalue weighted by Crippen LogP contribution is -2.56. The molecule has 0 saturated carbocycles. The topological polar surface area (TPSA) is 21.3 Å². The second kappa shape index (κ2) is 12.9. The summed E-state index contributed by atoms with van der Waals surface area (Å²) in [6.07, 6.45) is 23.9. The van der Waals surface area contributed by atoms with Crippen molar-refractivity contribution in [3.05, 3.63) is 211 Å². The number of furan rings is 1. The van der Waals surface area contributed by atoms with Gasteiger partial charge in [0.05, 0.1) is 22.6 Å². The van der Waals surface area contributed by atoms with Crippen LogP contribution in [-0.2, 0) is 0 Å². The van der Waals surface area contributed by atoms with Gasteiger partial charge in [0.15, 0.2) is 0 Å². The highest BCUT2D eigenvalue weighted by Crippen LogP contribution is 2.44. The largest absolute Gasteiger partial charge is 0.455 e. The van der Waals surface area contributed by atoms with Crippen LogP contribution in [0.3, 0.4) is 0 Å². The number of fused-ring (bicyclic) bond motifs is 7. The van der Waals surface area contributed by atoms with Crippen LogP contribution in [0.5, 0.6) is 0 Å². The molecule has 0 aliphatic heterocycles. The van der Waals surface area contributed by atoms with E-state index < -0.39 is 0 Å². The van der Waals surface area contributed by atoms with Crippen LogP contribution in [-0.4, -0.2) is 16.1 Å². The molecule has 56 heavy (non-hydrogen) atoms. The highest BCUT2D eigenvalue weighted by atomic mass is 16.3. The molecule has 11 rings (SSSR count). The first-order valence-corrected chi connectivity index (χ1v) is 19.7. The number of rotatable bonds is 6. The fourth-order valence-electron chi connectivity index (χ4n) is 9.56. The summed E-state index contributed by atoms with van der Waals surface area (Å²) in [6.45, 7) is 2.40. The second-order valence-corrected chi connectivity index (χ2v) is 15.4. The fourth-order valence-corrected chi connectivity index (χ4v) is 9.56. The quantitative estimate of drug-likeness (QED) is 0.171. The Morgan fingerprint density at radius 1 is 0.625 bits per heavy atom. The molecule has 3 nitrogen and oxygen atoms in total. The Bertz CT molecular complexity index is 2960. The molecule has 0 saturated heterocycles. The van der Waals surface area contributed by atoms with E-state index >= 15 is 0 Å². The average Bonchev–Trinajstić information content (AvgIpc) is 3.81. The van der Waals surface area contributed by atoms with Gasteiger partial charge in [-0.15, -0.1) is 0 Å². The Kier molecular flexibility index (Phi) is 7.50. The lowest BCUT2D eigenvalue weighted by atomic mass is 9.72. The van der Waals surface area contributed by atoms with Crippen molar-refractivity contribution in [3.63, 3.8) is 0 Å². The first kappa shape index (κ1) is 32.6. The molecular weight excluding hydrogens is 681 g/mol. The highest BCUT2D eigenvalue weighted by molar-refractivity contribution is 6.10. The molecule has 3 atom stereocenters. The van der Waals surface area contributed by atoms with Crippen molar-refractivity contribution in [2.45, 2.75) is 24.9 Å². The van der Waals surface area contributed by atoms with Crippen molar-refractivity contribution in [2.75, 3.05) is 4.90 Å². The Morgan fingerprint density at radius 3 is 2.04 bits per heavy atom. The van der Waals surface area contributed by atoms with Crippen LogP contribution in [0.2, 0.25) is 0 Å². The van der Waals surface area contributed by atoms with Crippen LogP contribution in [0.4, 0.5) is 5.69 Å². The highest BCUT2D eigenvalue weighted by Gasteiger charge is 2.42. The Balaban J connectivity index is 0.935. The van der Waals surface area contributed by atoms with Crippen LogP contribution in [0.15, 0.2) is 210 Å². The summed E-state index contributed by atoms with van der Waals surface area (Å²) in [5.74, 6) is 0.230. The standard InChI is InChI=1S/C53H40N2O/c1-53(35-11-13-39-12-2-6-19-48(39)53)55(42-33-27-38(28-34-42)43-17-10-18-47-46-16-5-9-22-51(46)56-52(43)47)41-31-25-37(26-32-41)36-23-29-40(30-24-36)54-49-20-7-3-14-44(49)45-15-4-8-21-50(45)54/h2-33,35,42,48H,34H2,1H3. The summed E-state index contributed by atoms with van der Waals surface area (Å²) in [5, 5.41) is 4.87. The van der Waals surface area contributed by atoms with Gasteiger partial charge in [-0.3, -0.25) is 0 Å². The second-order valence-electron chi connectivity index (χ2n) is 15.4. The number of nitrogens with zero attached hydrogens (tertiary/aromatic N) is 2. The zero-order valence-corrected chi connectivity index (χ0v) is 31.2. The first-order valence-electron chi connectivity index (χ1n) is 19.7. The molecule has 2 aromatic heterocycles. The minimum atomic E-state index is -0.282. The van der Waals surface area contributed by atoms with Crippen molar-refractivity contribution in [3.8, 4) is 16.8 Å². The molecule has 3 aliphatic carbocycles. The predicted molar refractivity (Wildman–Crippen MR) is 235 cm³/mol. The number of hydrogen-bond acceptors (Lipinski definition) is 2. The SMILES string of the molecule is CC1(N(c2ccc(-c3ccc(-n4c5ccccc5c5ccccc54)cc3)cc2)C2C=CC(c3cccc4c3oc3ccccc34)=CC2)C=CC=C2C=CC=CC21. The van der Waals surface area contributed by atoms with E-state index in [0.29, 0.717) is 0 Å². The molecule has 0 N–H and O–H groups in total. The molecule has 3 aliphatic rings. The zero-order valence-electron chi connectivity index (χ0n) is 31.2. The van der Waals surface area contributed by atoms with E-state index in [1.165, 1.54) is 49.8 Å². The van der Waals surface area contributed by atoms with Crippen LogP contribution >= 0.6 is 0 Å². The van der Waals surface area contributed by atoms with Gasteiger partial charge >= 0.3 is 0 Å². The molecule has 268 valence electrons. The first-order chi connectivity index (χ1) is 27.6. The summed E-state index contributed by atoms with van der Waals surface area (Å²) in [4.78, 5) is 2.64. The van der Waals surface area contributed by atoms with E-state index in [1.54, 1.807) is 0 Å². The number of para-hydroxylation sites is 4. The number of hydrogen-bond donors (Lipinski definition) is 0. The van der Waals surface area contributed by atoms with Gasteiger partial charge in [0.25, 0.3) is 0 Å². The van der Waals surface area contributed by atoms with E-state index in [1.807, 2.05) is 6.07 Å². The molecule has 3 heteroatoms. The Morgan fingerprint density at radius 2 is 1.30 bits per heavy atom. The van der Waals surface area contributed by atoms with Gasteiger partial charge in [0.2, 0.25) is 0 Å². The van der Waals surface area contributed by atoms with E-state index in [4.69, 9.17) is 4.42 Å². The number of anilines is 1. The zero-order chi connectivity index (χ0) is 37.2. The van der Waals surface area contributed by atoms with E-state index in [0.717, 1.165) is 39.6 Å². The molecular formula is C53H40N2O. The third-order valence-electron chi connectivity index (χ3n) is 12.2. The van der Waals surface area contributed by atoms with Crippen molar-refractivity contribution in [2.24, 2.45) is 5.92 Å². The van der Waals surface area contributed by atoms with Gasteiger partial charge in [-0.2, -0.15) is 0 Å². The van der Waals surface area contributed by atoms with Gasteiger partial charge in [-0.05, 0) is 78.1 Å². The molecule has 0 radical (unpaired) electrons.